The number of nitrogens with one attached hydrogen (secondary N) is 1. The highest BCUT2D eigenvalue weighted by molar-refractivity contribution is 7.86. The van der Waals surface area contributed by atoms with E-state index in [0.29, 0.717) is 0 Å². The van der Waals surface area contributed by atoms with Crippen LogP contribution in [-0.2, 0) is 10.1 Å². The van der Waals surface area contributed by atoms with Gasteiger partial charge in [-0.2, -0.15) is 8.42 Å². The topological polar surface area (TPSA) is 118 Å². The van der Waals surface area contributed by atoms with Crippen LogP contribution in [0.1, 0.15) is 0 Å². The fraction of sp³-hybridized carbons (Fsp3) is 0. The second kappa shape index (κ2) is 3.75. The molecule has 1 aromatic carbocycles. The van der Waals surface area contributed by atoms with Crippen molar-refractivity contribution in [1.82, 2.24) is 9.78 Å². The van der Waals surface area contributed by atoms with Gasteiger partial charge in [0.15, 0.2) is 0 Å². The van der Waals surface area contributed by atoms with E-state index in [1.165, 1.54) is 29.1 Å². The average molecular weight is 255 g/mol. The number of rotatable bonds is 2. The summed E-state index contributed by atoms with van der Waals surface area (Å²) < 4.78 is 32.6. The van der Waals surface area contributed by atoms with Crippen molar-refractivity contribution in [1.29, 1.82) is 0 Å². The van der Waals surface area contributed by atoms with Crippen LogP contribution in [0.5, 0.6) is 0 Å². The number of nitrogens with two attached hydrogens (primary N) is 1. The van der Waals surface area contributed by atoms with Gasteiger partial charge in [-0.15, -0.1) is 0 Å². The summed E-state index contributed by atoms with van der Waals surface area (Å²) in [4.78, 5) is 10.6. The van der Waals surface area contributed by atoms with Crippen molar-refractivity contribution in [3.63, 3.8) is 0 Å². The minimum atomic E-state index is -4.42. The first kappa shape index (κ1) is 11.4. The summed E-state index contributed by atoms with van der Waals surface area (Å²) in [6.07, 6.45) is 1.35. The summed E-state index contributed by atoms with van der Waals surface area (Å²) in [5.41, 5.74) is 5.37. The van der Waals surface area contributed by atoms with Crippen molar-refractivity contribution >= 4 is 15.8 Å². The fourth-order valence-corrected chi connectivity index (χ4v) is 2.13. The number of hydrogen-bond donors (Lipinski definition) is 3. The Morgan fingerprint density at radius 3 is 2.53 bits per heavy atom. The van der Waals surface area contributed by atoms with Gasteiger partial charge in [0.1, 0.15) is 4.90 Å². The number of nitrogen functional groups attached to an aromatic ring is 1. The molecule has 0 unspecified atom stereocenters. The van der Waals surface area contributed by atoms with Crippen molar-refractivity contribution in [2.75, 3.05) is 5.73 Å². The van der Waals surface area contributed by atoms with Crippen LogP contribution >= 0.6 is 0 Å². The summed E-state index contributed by atoms with van der Waals surface area (Å²) in [7, 11) is -4.42. The maximum absolute atomic E-state index is 11.2. The van der Waals surface area contributed by atoms with E-state index in [1.54, 1.807) is 0 Å². The highest BCUT2D eigenvalue weighted by Gasteiger charge is 2.17. The highest BCUT2D eigenvalue weighted by Crippen LogP contribution is 2.21. The molecule has 0 aliphatic carbocycles. The Morgan fingerprint density at radius 2 is 2.00 bits per heavy atom. The van der Waals surface area contributed by atoms with Gasteiger partial charge < -0.3 is 5.73 Å². The van der Waals surface area contributed by atoms with E-state index in [0.717, 1.165) is 6.07 Å². The molecule has 2 aromatic rings. The van der Waals surface area contributed by atoms with Crippen molar-refractivity contribution in [2.45, 2.75) is 4.90 Å². The molecular weight excluding hydrogens is 246 g/mol. The van der Waals surface area contributed by atoms with Gasteiger partial charge >= 0.3 is 0 Å². The van der Waals surface area contributed by atoms with Crippen molar-refractivity contribution < 1.29 is 13.0 Å². The Labute approximate surface area is 96.2 Å². The summed E-state index contributed by atoms with van der Waals surface area (Å²) in [6.45, 7) is 0. The Kier molecular flexibility index (Phi) is 2.52. The minimum Gasteiger partial charge on any atom is -0.399 e. The third kappa shape index (κ3) is 2.22. The molecule has 0 amide bonds. The number of anilines is 1. The summed E-state index contributed by atoms with van der Waals surface area (Å²) in [5.74, 6) is 0. The first-order chi connectivity index (χ1) is 7.88. The van der Waals surface area contributed by atoms with E-state index in [1.807, 2.05) is 0 Å². The Balaban J connectivity index is 2.74. The van der Waals surface area contributed by atoms with Crippen LogP contribution in [0.4, 0.5) is 5.69 Å². The Hall–Kier alpha value is -2.06. The maximum atomic E-state index is 11.2. The molecule has 2 rings (SSSR count). The molecule has 8 heteroatoms. The van der Waals surface area contributed by atoms with Gasteiger partial charge in [0.05, 0.1) is 5.69 Å². The molecule has 0 saturated heterocycles. The van der Waals surface area contributed by atoms with Gasteiger partial charge in [0.2, 0.25) is 0 Å². The van der Waals surface area contributed by atoms with E-state index < -0.39 is 10.1 Å². The molecule has 7 nitrogen and oxygen atoms in total. The predicted molar refractivity (Wildman–Crippen MR) is 60.6 cm³/mol. The molecule has 1 heterocycles. The fourth-order valence-electron chi connectivity index (χ4n) is 1.41. The molecule has 0 saturated carbocycles. The number of aromatic amines is 1. The lowest BCUT2D eigenvalue weighted by Crippen LogP contribution is -2.09. The monoisotopic (exact) mass is 255 g/mol. The molecule has 4 N–H and O–H groups in total. The number of aromatic nitrogens is 2. The SMILES string of the molecule is Nc1ccc(-n2ccc(=O)[nH]2)c(S(=O)(=O)O)c1. The molecule has 90 valence electrons. The lowest BCUT2D eigenvalue weighted by Gasteiger charge is -2.08. The quantitative estimate of drug-likeness (QED) is 0.515. The van der Waals surface area contributed by atoms with Crippen LogP contribution in [0, 0.1) is 0 Å². The molecule has 0 spiro atoms. The molecule has 0 aliphatic rings. The van der Waals surface area contributed by atoms with E-state index in [9.17, 15) is 13.2 Å². The molecule has 0 atom stereocenters. The molecule has 1 aromatic heterocycles. The molecule has 0 radical (unpaired) electrons. The normalized spacial score (nSPS) is 11.6. The molecule has 0 bridgehead atoms. The second-order valence-electron chi connectivity index (χ2n) is 3.36. The number of hydrogen-bond acceptors (Lipinski definition) is 4. The lowest BCUT2D eigenvalue weighted by molar-refractivity contribution is 0.482. The number of benzene rings is 1. The van der Waals surface area contributed by atoms with Crippen molar-refractivity contribution in [2.24, 2.45) is 0 Å². The van der Waals surface area contributed by atoms with Crippen LogP contribution in [-0.4, -0.2) is 22.8 Å². The van der Waals surface area contributed by atoms with Crippen LogP contribution < -0.4 is 11.3 Å². The maximum Gasteiger partial charge on any atom is 0.296 e. The van der Waals surface area contributed by atoms with Crippen LogP contribution in [0.15, 0.2) is 40.2 Å². The van der Waals surface area contributed by atoms with E-state index in [2.05, 4.69) is 5.10 Å². The van der Waals surface area contributed by atoms with Gasteiger partial charge in [0, 0.05) is 18.0 Å². The first-order valence-electron chi connectivity index (χ1n) is 4.53. The molecule has 17 heavy (non-hydrogen) atoms. The van der Waals surface area contributed by atoms with E-state index in [-0.39, 0.29) is 21.8 Å². The smallest absolute Gasteiger partial charge is 0.296 e. The van der Waals surface area contributed by atoms with Crippen molar-refractivity contribution in [3.8, 4) is 5.69 Å². The van der Waals surface area contributed by atoms with E-state index >= 15 is 0 Å². The summed E-state index contributed by atoms with van der Waals surface area (Å²) in [5, 5.41) is 2.37. The van der Waals surface area contributed by atoms with Crippen molar-refractivity contribution in [3.05, 3.63) is 40.8 Å². The summed E-state index contributed by atoms with van der Waals surface area (Å²) in [6, 6.07) is 5.18. The zero-order valence-electron chi connectivity index (χ0n) is 8.49. The first-order valence-corrected chi connectivity index (χ1v) is 5.97. The third-order valence-corrected chi connectivity index (χ3v) is 3.01. The van der Waals surface area contributed by atoms with Gasteiger partial charge in [-0.3, -0.25) is 19.1 Å². The van der Waals surface area contributed by atoms with Gasteiger partial charge in [-0.1, -0.05) is 0 Å². The zero-order valence-corrected chi connectivity index (χ0v) is 9.31. The molecular formula is C9H9N3O4S. The number of nitrogens with zero attached hydrogens (tertiary/aromatic N) is 1. The number of H-pyrrole nitrogens is 1. The van der Waals surface area contributed by atoms with Crippen LogP contribution in [0.2, 0.25) is 0 Å². The largest absolute Gasteiger partial charge is 0.399 e. The van der Waals surface area contributed by atoms with Gasteiger partial charge in [-0.05, 0) is 18.2 Å². The molecule has 0 fully saturated rings. The van der Waals surface area contributed by atoms with E-state index in [4.69, 9.17) is 10.3 Å². The average Bonchev–Trinajstić information content (AvgIpc) is 2.63. The Bertz CT molecular complexity index is 714. The lowest BCUT2D eigenvalue weighted by atomic mass is 10.3. The molecule has 0 aliphatic heterocycles. The van der Waals surface area contributed by atoms with Crippen LogP contribution in [0.25, 0.3) is 5.69 Å². The van der Waals surface area contributed by atoms with Gasteiger partial charge in [0.25, 0.3) is 15.7 Å². The second-order valence-corrected chi connectivity index (χ2v) is 4.75. The van der Waals surface area contributed by atoms with Crippen LogP contribution in [0.3, 0.4) is 0 Å². The predicted octanol–water partition coefficient (Wildman–Crippen LogP) is -0.00550. The minimum absolute atomic E-state index is 0.115. The van der Waals surface area contributed by atoms with Gasteiger partial charge in [-0.25, -0.2) is 0 Å². The highest BCUT2D eigenvalue weighted by atomic mass is 32.2. The standard InChI is InChI=1S/C9H9N3O4S/c10-6-1-2-7(8(5-6)17(14,15)16)12-4-3-9(13)11-12/h1-5H,10H2,(H,11,13)(H,14,15,16). The third-order valence-electron chi connectivity index (χ3n) is 2.13. The zero-order chi connectivity index (χ0) is 12.6. The summed E-state index contributed by atoms with van der Waals surface area (Å²) >= 11 is 0. The Morgan fingerprint density at radius 1 is 1.29 bits per heavy atom.